The molecule has 0 spiro atoms. The summed E-state index contributed by atoms with van der Waals surface area (Å²) in [5.41, 5.74) is 0. The number of nitrogens with one attached hydrogen (secondary N) is 2. The summed E-state index contributed by atoms with van der Waals surface area (Å²) >= 11 is 0. The fourth-order valence-corrected chi connectivity index (χ4v) is 3.29. The molecule has 2 amide bonds. The number of ether oxygens (including phenoxy) is 4. The Morgan fingerprint density at radius 1 is 0.733 bits per heavy atom. The SMILES string of the molecule is C[C@@H](NC(=O)C(=O)N[C@H](C)[C@@H]1COc2ccccc2O1)[C@@H]1COc2ccccc2O1. The van der Waals surface area contributed by atoms with Crippen LogP contribution in [0, 0.1) is 0 Å². The third kappa shape index (κ3) is 4.27. The van der Waals surface area contributed by atoms with E-state index >= 15 is 0 Å². The van der Waals surface area contributed by atoms with Crippen molar-refractivity contribution in [2.75, 3.05) is 13.2 Å². The maximum Gasteiger partial charge on any atom is 0.309 e. The number of fused-ring (bicyclic) bond motifs is 2. The first kappa shape index (κ1) is 19.9. The van der Waals surface area contributed by atoms with Gasteiger partial charge in [0.2, 0.25) is 0 Å². The second-order valence-corrected chi connectivity index (χ2v) is 7.35. The molecule has 8 nitrogen and oxygen atoms in total. The Morgan fingerprint density at radius 2 is 1.10 bits per heavy atom. The highest BCUT2D eigenvalue weighted by Crippen LogP contribution is 2.32. The van der Waals surface area contributed by atoms with E-state index in [-0.39, 0.29) is 13.2 Å². The summed E-state index contributed by atoms with van der Waals surface area (Å²) in [6, 6.07) is 13.8. The van der Waals surface area contributed by atoms with E-state index in [1.165, 1.54) is 0 Å². The van der Waals surface area contributed by atoms with Crippen LogP contribution in [0.25, 0.3) is 0 Å². The number of amides is 2. The average molecular weight is 412 g/mol. The molecule has 4 atom stereocenters. The van der Waals surface area contributed by atoms with Gasteiger partial charge in [-0.2, -0.15) is 0 Å². The van der Waals surface area contributed by atoms with Crippen molar-refractivity contribution in [1.29, 1.82) is 0 Å². The molecule has 0 aliphatic carbocycles. The van der Waals surface area contributed by atoms with Crippen molar-refractivity contribution < 1.29 is 28.5 Å². The maximum atomic E-state index is 12.4. The van der Waals surface area contributed by atoms with Crippen molar-refractivity contribution in [2.24, 2.45) is 0 Å². The van der Waals surface area contributed by atoms with Gasteiger partial charge in [-0.3, -0.25) is 9.59 Å². The Kier molecular flexibility index (Phi) is 5.65. The molecule has 0 bridgehead atoms. The van der Waals surface area contributed by atoms with Crippen LogP contribution in [0.1, 0.15) is 13.8 Å². The van der Waals surface area contributed by atoms with E-state index in [0.717, 1.165) is 0 Å². The van der Waals surface area contributed by atoms with E-state index in [2.05, 4.69) is 10.6 Å². The van der Waals surface area contributed by atoms with Gasteiger partial charge in [0.1, 0.15) is 13.2 Å². The lowest BCUT2D eigenvalue weighted by atomic mass is 10.1. The van der Waals surface area contributed by atoms with Crippen LogP contribution >= 0.6 is 0 Å². The number of para-hydroxylation sites is 4. The topological polar surface area (TPSA) is 95.1 Å². The van der Waals surface area contributed by atoms with E-state index in [0.29, 0.717) is 23.0 Å². The largest absolute Gasteiger partial charge is 0.486 e. The molecule has 0 radical (unpaired) electrons. The molecular formula is C22H24N2O6. The van der Waals surface area contributed by atoms with Crippen molar-refractivity contribution in [1.82, 2.24) is 10.6 Å². The van der Waals surface area contributed by atoms with E-state index in [9.17, 15) is 9.59 Å². The highest BCUT2D eigenvalue weighted by atomic mass is 16.6. The minimum absolute atomic E-state index is 0.281. The predicted octanol–water partition coefficient (Wildman–Crippen LogP) is 1.68. The number of hydrogen-bond donors (Lipinski definition) is 2. The molecule has 0 aromatic heterocycles. The molecule has 2 heterocycles. The first-order chi connectivity index (χ1) is 14.5. The standard InChI is InChI=1S/C22H24N2O6/c1-13(19-11-27-15-7-3-5-9-17(15)29-19)23-21(25)22(26)24-14(2)20-12-28-16-8-4-6-10-18(16)30-20/h3-10,13-14,19-20H,11-12H2,1-2H3,(H,23,25)(H,24,26)/t13-,14-,19+,20+/m1/s1. The lowest BCUT2D eigenvalue weighted by molar-refractivity contribution is -0.140. The number of carbonyl (C=O) groups excluding carboxylic acids is 2. The van der Waals surface area contributed by atoms with Gasteiger partial charge >= 0.3 is 11.8 Å². The molecule has 4 rings (SSSR count). The zero-order chi connectivity index (χ0) is 21.1. The molecule has 2 aliphatic rings. The number of rotatable bonds is 4. The van der Waals surface area contributed by atoms with Crippen molar-refractivity contribution in [2.45, 2.75) is 38.1 Å². The van der Waals surface area contributed by atoms with Crippen LogP contribution in [0.2, 0.25) is 0 Å². The molecule has 0 saturated heterocycles. The molecule has 2 aromatic rings. The number of benzene rings is 2. The van der Waals surface area contributed by atoms with Gasteiger partial charge in [0.15, 0.2) is 35.2 Å². The van der Waals surface area contributed by atoms with Gasteiger partial charge in [0.05, 0.1) is 12.1 Å². The molecule has 2 N–H and O–H groups in total. The average Bonchev–Trinajstić information content (AvgIpc) is 2.78. The van der Waals surface area contributed by atoms with Crippen LogP contribution in [-0.2, 0) is 9.59 Å². The normalized spacial score (nSPS) is 21.1. The van der Waals surface area contributed by atoms with Crippen LogP contribution in [0.3, 0.4) is 0 Å². The first-order valence-corrected chi connectivity index (χ1v) is 9.89. The summed E-state index contributed by atoms with van der Waals surface area (Å²) in [6.07, 6.45) is -0.804. The fourth-order valence-electron chi connectivity index (χ4n) is 3.29. The monoisotopic (exact) mass is 412 g/mol. The van der Waals surface area contributed by atoms with Crippen molar-refractivity contribution in [3.8, 4) is 23.0 Å². The summed E-state index contributed by atoms with van der Waals surface area (Å²) in [5.74, 6) is 1.07. The van der Waals surface area contributed by atoms with Crippen LogP contribution in [0.15, 0.2) is 48.5 Å². The summed E-state index contributed by atoms with van der Waals surface area (Å²) in [7, 11) is 0. The molecule has 0 unspecified atom stereocenters. The van der Waals surface area contributed by atoms with Crippen LogP contribution in [0.4, 0.5) is 0 Å². The Morgan fingerprint density at radius 3 is 1.50 bits per heavy atom. The minimum Gasteiger partial charge on any atom is -0.486 e. The van der Waals surface area contributed by atoms with E-state index in [1.54, 1.807) is 26.0 Å². The molecule has 8 heteroatoms. The van der Waals surface area contributed by atoms with Crippen LogP contribution in [-0.4, -0.2) is 49.3 Å². The summed E-state index contributed by atoms with van der Waals surface area (Å²) in [5, 5.41) is 5.35. The highest BCUT2D eigenvalue weighted by molar-refractivity contribution is 6.35. The van der Waals surface area contributed by atoms with E-state index < -0.39 is 36.1 Å². The highest BCUT2D eigenvalue weighted by Gasteiger charge is 2.31. The van der Waals surface area contributed by atoms with Crippen molar-refractivity contribution in [3.63, 3.8) is 0 Å². The Hall–Kier alpha value is -3.42. The molecule has 30 heavy (non-hydrogen) atoms. The van der Waals surface area contributed by atoms with Crippen molar-refractivity contribution in [3.05, 3.63) is 48.5 Å². The van der Waals surface area contributed by atoms with Gasteiger partial charge in [0, 0.05) is 0 Å². The summed E-state index contributed by atoms with van der Waals surface area (Å²) in [4.78, 5) is 24.7. The van der Waals surface area contributed by atoms with Gasteiger partial charge in [-0.15, -0.1) is 0 Å². The second kappa shape index (κ2) is 8.52. The van der Waals surface area contributed by atoms with Gasteiger partial charge in [-0.25, -0.2) is 0 Å². The van der Waals surface area contributed by atoms with E-state index in [4.69, 9.17) is 18.9 Å². The van der Waals surface area contributed by atoms with Gasteiger partial charge in [-0.1, -0.05) is 24.3 Å². The minimum atomic E-state index is -0.742. The number of hydrogen-bond acceptors (Lipinski definition) is 6. The van der Waals surface area contributed by atoms with E-state index in [1.807, 2.05) is 36.4 Å². The lowest BCUT2D eigenvalue weighted by Gasteiger charge is -2.31. The summed E-state index contributed by atoms with van der Waals surface area (Å²) < 4.78 is 23.1. The maximum absolute atomic E-state index is 12.4. The quantitative estimate of drug-likeness (QED) is 0.742. The van der Waals surface area contributed by atoms with Crippen LogP contribution < -0.4 is 29.6 Å². The van der Waals surface area contributed by atoms with Crippen molar-refractivity contribution >= 4 is 11.8 Å². The Balaban J connectivity index is 1.28. The molecule has 2 aliphatic heterocycles. The molecule has 2 aromatic carbocycles. The smallest absolute Gasteiger partial charge is 0.309 e. The van der Waals surface area contributed by atoms with Gasteiger partial charge < -0.3 is 29.6 Å². The zero-order valence-corrected chi connectivity index (χ0v) is 16.8. The molecular weight excluding hydrogens is 388 g/mol. The Bertz CT molecular complexity index is 858. The molecule has 158 valence electrons. The molecule has 0 saturated carbocycles. The Labute approximate surface area is 174 Å². The lowest BCUT2D eigenvalue weighted by Crippen LogP contribution is -2.55. The predicted molar refractivity (Wildman–Crippen MR) is 108 cm³/mol. The third-order valence-electron chi connectivity index (χ3n) is 5.10. The zero-order valence-electron chi connectivity index (χ0n) is 16.8. The third-order valence-corrected chi connectivity index (χ3v) is 5.10. The summed E-state index contributed by atoms with van der Waals surface area (Å²) in [6.45, 7) is 4.10. The van der Waals surface area contributed by atoms with Gasteiger partial charge in [0.25, 0.3) is 0 Å². The number of carbonyl (C=O) groups is 2. The second-order valence-electron chi connectivity index (χ2n) is 7.35. The van der Waals surface area contributed by atoms with Crippen LogP contribution in [0.5, 0.6) is 23.0 Å². The molecule has 0 fully saturated rings. The van der Waals surface area contributed by atoms with Gasteiger partial charge in [-0.05, 0) is 38.1 Å². The fraction of sp³-hybridized carbons (Fsp3) is 0.364. The first-order valence-electron chi connectivity index (χ1n) is 9.89.